The molecule has 2 aromatic carbocycles. The third kappa shape index (κ3) is 3.88. The number of carbonyl (C=O) groups excluding carboxylic acids is 1. The van der Waals surface area contributed by atoms with Gasteiger partial charge in [-0.05, 0) is 60.4 Å². The van der Waals surface area contributed by atoms with Crippen molar-refractivity contribution in [1.29, 1.82) is 0 Å². The molecular weight excluding hydrogens is 396 g/mol. The number of benzene rings is 2. The molecule has 1 aromatic heterocycles. The van der Waals surface area contributed by atoms with Crippen molar-refractivity contribution in [1.82, 2.24) is 9.88 Å². The van der Waals surface area contributed by atoms with Gasteiger partial charge in [0.1, 0.15) is 0 Å². The molecule has 1 unspecified atom stereocenters. The first-order valence-electron chi connectivity index (χ1n) is 10.2. The minimum atomic E-state index is 0.0295. The number of aromatic nitrogens is 1. The number of aryl methyl sites for hydroxylation is 1. The van der Waals surface area contributed by atoms with Crippen molar-refractivity contribution in [3.63, 3.8) is 0 Å². The van der Waals surface area contributed by atoms with Crippen LogP contribution in [0, 0.1) is 0 Å². The number of hydrogen-bond acceptors (Lipinski definition) is 4. The Bertz CT molecular complexity index is 1050. The standard InChI is InChI=1S/C24H28N2O3S/c1-28-22-12-16-10-11-26(24(27)15-30-3)21(19(16)13-23(22)29-2)9-8-17-14-25-20-7-5-4-6-18(17)20/h4-7,12-14,21,25H,8-11,15H2,1-3H3. The predicted molar refractivity (Wildman–Crippen MR) is 123 cm³/mol. The summed E-state index contributed by atoms with van der Waals surface area (Å²) in [5.41, 5.74) is 4.85. The van der Waals surface area contributed by atoms with Gasteiger partial charge in [-0.1, -0.05) is 18.2 Å². The zero-order chi connectivity index (χ0) is 21.1. The quantitative estimate of drug-likeness (QED) is 0.602. The molecule has 1 N–H and O–H groups in total. The molecule has 0 aliphatic carbocycles. The fourth-order valence-electron chi connectivity index (χ4n) is 4.48. The van der Waals surface area contributed by atoms with E-state index in [1.165, 1.54) is 22.1 Å². The summed E-state index contributed by atoms with van der Waals surface area (Å²) in [6.45, 7) is 0.737. The molecule has 0 spiro atoms. The number of fused-ring (bicyclic) bond motifs is 2. The highest BCUT2D eigenvalue weighted by atomic mass is 32.2. The van der Waals surface area contributed by atoms with Gasteiger partial charge in [0.05, 0.1) is 26.0 Å². The molecule has 0 radical (unpaired) electrons. The lowest BCUT2D eigenvalue weighted by molar-refractivity contribution is -0.131. The molecule has 1 aliphatic heterocycles. The Morgan fingerprint density at radius 3 is 2.73 bits per heavy atom. The van der Waals surface area contributed by atoms with Crippen molar-refractivity contribution in [2.45, 2.75) is 25.3 Å². The first-order valence-corrected chi connectivity index (χ1v) is 11.6. The van der Waals surface area contributed by atoms with Crippen molar-refractivity contribution in [3.05, 3.63) is 59.3 Å². The number of thioether (sulfide) groups is 1. The van der Waals surface area contributed by atoms with Gasteiger partial charge in [0.2, 0.25) is 5.91 Å². The zero-order valence-corrected chi connectivity index (χ0v) is 18.6. The maximum absolute atomic E-state index is 12.9. The van der Waals surface area contributed by atoms with E-state index in [-0.39, 0.29) is 11.9 Å². The Kier molecular flexibility index (Phi) is 6.23. The summed E-state index contributed by atoms with van der Waals surface area (Å²) < 4.78 is 11.1. The summed E-state index contributed by atoms with van der Waals surface area (Å²) >= 11 is 1.58. The van der Waals surface area contributed by atoms with Crippen LogP contribution in [0.15, 0.2) is 42.6 Å². The van der Waals surface area contributed by atoms with Crippen molar-refractivity contribution < 1.29 is 14.3 Å². The molecule has 3 aromatic rings. The molecule has 30 heavy (non-hydrogen) atoms. The number of methoxy groups -OCH3 is 2. The highest BCUT2D eigenvalue weighted by Gasteiger charge is 2.31. The Hall–Kier alpha value is -2.60. The lowest BCUT2D eigenvalue weighted by Gasteiger charge is -2.38. The molecule has 158 valence electrons. The van der Waals surface area contributed by atoms with Crippen LogP contribution in [0.3, 0.4) is 0 Å². The topological polar surface area (TPSA) is 54.6 Å². The van der Waals surface area contributed by atoms with Gasteiger partial charge in [-0.2, -0.15) is 11.8 Å². The number of aromatic amines is 1. The third-order valence-corrected chi connectivity index (χ3v) is 6.49. The lowest BCUT2D eigenvalue weighted by Crippen LogP contribution is -2.41. The Morgan fingerprint density at radius 1 is 1.20 bits per heavy atom. The van der Waals surface area contributed by atoms with Crippen molar-refractivity contribution >= 4 is 28.6 Å². The van der Waals surface area contributed by atoms with Crippen LogP contribution >= 0.6 is 11.8 Å². The van der Waals surface area contributed by atoms with Crippen molar-refractivity contribution in [3.8, 4) is 11.5 Å². The fraction of sp³-hybridized carbons (Fsp3) is 0.375. The summed E-state index contributed by atoms with van der Waals surface area (Å²) in [6.07, 6.45) is 6.66. The van der Waals surface area contributed by atoms with E-state index >= 15 is 0 Å². The van der Waals surface area contributed by atoms with Crippen LogP contribution in [0.25, 0.3) is 10.9 Å². The number of nitrogens with one attached hydrogen (secondary N) is 1. The van der Waals surface area contributed by atoms with Crippen LogP contribution in [-0.2, 0) is 17.6 Å². The van der Waals surface area contributed by atoms with Gasteiger partial charge in [-0.25, -0.2) is 0 Å². The molecule has 1 aliphatic rings. The van der Waals surface area contributed by atoms with Crippen LogP contribution in [-0.4, -0.2) is 48.6 Å². The summed E-state index contributed by atoms with van der Waals surface area (Å²) in [7, 11) is 3.32. The molecular formula is C24H28N2O3S. The smallest absolute Gasteiger partial charge is 0.233 e. The molecule has 0 saturated heterocycles. The van der Waals surface area contributed by atoms with Crippen molar-refractivity contribution in [2.75, 3.05) is 32.8 Å². The Morgan fingerprint density at radius 2 is 1.97 bits per heavy atom. The summed E-state index contributed by atoms with van der Waals surface area (Å²) in [5.74, 6) is 2.17. The van der Waals surface area contributed by atoms with Gasteiger partial charge in [0.15, 0.2) is 11.5 Å². The molecule has 4 rings (SSSR count). The number of rotatable bonds is 7. The lowest BCUT2D eigenvalue weighted by atomic mass is 9.88. The molecule has 0 bridgehead atoms. The van der Waals surface area contributed by atoms with Crippen LogP contribution < -0.4 is 9.47 Å². The minimum Gasteiger partial charge on any atom is -0.493 e. The number of carbonyl (C=O) groups is 1. The van der Waals surface area contributed by atoms with E-state index in [2.05, 4.69) is 46.4 Å². The van der Waals surface area contributed by atoms with Crippen molar-refractivity contribution in [2.24, 2.45) is 0 Å². The second kappa shape index (κ2) is 9.04. The molecule has 6 heteroatoms. The number of H-pyrrole nitrogens is 1. The second-order valence-electron chi connectivity index (χ2n) is 7.59. The largest absolute Gasteiger partial charge is 0.493 e. The number of para-hydroxylation sites is 1. The maximum Gasteiger partial charge on any atom is 0.233 e. The Labute approximate surface area is 181 Å². The normalized spacial score (nSPS) is 15.8. The van der Waals surface area contributed by atoms with Crippen LogP contribution in [0.4, 0.5) is 0 Å². The highest BCUT2D eigenvalue weighted by molar-refractivity contribution is 7.99. The maximum atomic E-state index is 12.9. The molecule has 0 saturated carbocycles. The van der Waals surface area contributed by atoms with Gasteiger partial charge < -0.3 is 19.4 Å². The van der Waals surface area contributed by atoms with E-state index in [9.17, 15) is 4.79 Å². The average molecular weight is 425 g/mol. The summed E-state index contributed by atoms with van der Waals surface area (Å²) in [6, 6.07) is 12.5. The predicted octanol–water partition coefficient (Wildman–Crippen LogP) is 4.61. The van der Waals surface area contributed by atoms with Crippen LogP contribution in [0.2, 0.25) is 0 Å². The van der Waals surface area contributed by atoms with Gasteiger partial charge >= 0.3 is 0 Å². The van der Waals surface area contributed by atoms with E-state index in [1.807, 2.05) is 12.3 Å². The second-order valence-corrected chi connectivity index (χ2v) is 8.46. The monoisotopic (exact) mass is 424 g/mol. The van der Waals surface area contributed by atoms with Crippen LogP contribution in [0.1, 0.15) is 29.2 Å². The number of amides is 1. The first kappa shape index (κ1) is 20.7. The SMILES string of the molecule is COc1cc2c(cc1OC)C(CCc1c[nH]c3ccccc13)N(C(=O)CSC)CC2. The zero-order valence-electron chi connectivity index (χ0n) is 17.7. The van der Waals surface area contributed by atoms with Gasteiger partial charge in [0.25, 0.3) is 0 Å². The summed E-state index contributed by atoms with van der Waals surface area (Å²) in [5, 5.41) is 1.25. The van der Waals surface area contributed by atoms with E-state index in [0.29, 0.717) is 11.5 Å². The molecule has 5 nitrogen and oxygen atoms in total. The van der Waals surface area contributed by atoms with Crippen LogP contribution in [0.5, 0.6) is 11.5 Å². The van der Waals surface area contributed by atoms with E-state index < -0.39 is 0 Å². The number of hydrogen-bond donors (Lipinski definition) is 1. The van der Waals surface area contributed by atoms with E-state index in [1.54, 1.807) is 26.0 Å². The molecule has 1 atom stereocenters. The molecule has 0 fully saturated rings. The Balaban J connectivity index is 1.68. The van der Waals surface area contributed by atoms with Gasteiger partial charge in [0, 0.05) is 23.6 Å². The average Bonchev–Trinajstić information content (AvgIpc) is 3.19. The number of ether oxygens (including phenoxy) is 2. The highest BCUT2D eigenvalue weighted by Crippen LogP contribution is 2.40. The van der Waals surface area contributed by atoms with E-state index in [4.69, 9.17) is 9.47 Å². The fourth-order valence-corrected chi connectivity index (χ4v) is 4.89. The molecule has 1 amide bonds. The minimum absolute atomic E-state index is 0.0295. The molecule has 2 heterocycles. The van der Waals surface area contributed by atoms with Gasteiger partial charge in [-0.15, -0.1) is 0 Å². The summed E-state index contributed by atoms with van der Waals surface area (Å²) in [4.78, 5) is 18.3. The van der Waals surface area contributed by atoms with E-state index in [0.717, 1.165) is 37.1 Å². The van der Waals surface area contributed by atoms with Gasteiger partial charge in [-0.3, -0.25) is 4.79 Å². The third-order valence-electron chi connectivity index (χ3n) is 5.95. The number of nitrogens with zero attached hydrogens (tertiary/aromatic N) is 1. The first-order chi connectivity index (χ1) is 14.7.